The number of hydrogen-bond acceptors (Lipinski definition) is 25. The van der Waals surface area contributed by atoms with E-state index in [1.807, 2.05) is 13.8 Å². The van der Waals surface area contributed by atoms with E-state index in [2.05, 4.69) is 270 Å². The molecule has 55 heteroatoms. The summed E-state index contributed by atoms with van der Waals surface area (Å²) in [6.07, 6.45) is 8.05. The van der Waals surface area contributed by atoms with E-state index in [4.69, 9.17) is 104 Å². The lowest BCUT2D eigenvalue weighted by molar-refractivity contribution is 0.151. The maximum Gasteiger partial charge on any atom is 0.636 e. The van der Waals surface area contributed by atoms with Gasteiger partial charge in [0.1, 0.15) is 0 Å². The van der Waals surface area contributed by atoms with Gasteiger partial charge in [0.25, 0.3) is 46.4 Å². The van der Waals surface area contributed by atoms with Crippen LogP contribution in [-0.4, -0.2) is 285 Å². The van der Waals surface area contributed by atoms with Crippen LogP contribution in [0.4, 0.5) is 0 Å². The lowest BCUT2D eigenvalue weighted by Gasteiger charge is -2.44. The lowest BCUT2D eigenvalue weighted by atomic mass is 10.2. The first-order valence-corrected chi connectivity index (χ1v) is 122. The second-order valence-corrected chi connectivity index (χ2v) is 138. The van der Waals surface area contributed by atoms with Crippen molar-refractivity contribution in [3.8, 4) is 0 Å². The minimum atomic E-state index is -3.77. The standard InChI is InChI=1S/C34H98O16Si18.C16H48O6Si8.C16H42O3Si4.C2H6/c1-32-28-53(5)41-63(45-57(9)35-32)21-19-20-51-38-68(48-65(13,14)25-22-61-30-34(3)36-56(8)43-60(12)44-61,49-66(15,16)26-23-62-37-33(2)29-52(4)39-58(10)46-62)50-67(17,18)27-24-64-42-55(7)31-54(6)40-59(11)47-64;1-23-16-29(12,19-25(3)18-24(2)17-23)14-15-30(13,21-27(7,8)9)22-28(10,11)20-26(4,5)6;1-11-12-13-14-15-16-23(10,18-21(5,6)7)19-22(8,9)17-20(2,3)4;1-2/h32-34,52-64H,19-31,51H2,1-18H3;23-25H,14-16H2,1-13H3;11-16H2,1-10H3;1-2H3. The zero-order chi connectivity index (χ0) is 94.4. The molecule has 736 valence electrons. The van der Waals surface area contributed by atoms with Crippen LogP contribution in [-0.2, 0) is 104 Å². The molecule has 0 spiro atoms. The van der Waals surface area contributed by atoms with E-state index in [0.29, 0.717) is 0 Å². The zero-order valence-corrected chi connectivity index (χ0v) is 120. The van der Waals surface area contributed by atoms with Crippen LogP contribution in [0.1, 0.15) is 80.1 Å². The summed E-state index contributed by atoms with van der Waals surface area (Å²) >= 11 is 0. The van der Waals surface area contributed by atoms with Gasteiger partial charge in [-0.2, -0.15) is 0 Å². The number of unbranched alkanes of at least 4 members (excludes halogenated alkanes) is 4. The number of hydrogen-bond donors (Lipinski definition) is 0. The molecular formula is C68H194O25Si30. The summed E-state index contributed by atoms with van der Waals surface area (Å²) in [6.45, 7) is 96.2. The molecule has 0 aromatic heterocycles. The van der Waals surface area contributed by atoms with Crippen molar-refractivity contribution < 1.29 is 104 Å². The Balaban J connectivity index is 0.000000761. The summed E-state index contributed by atoms with van der Waals surface area (Å²) in [5.41, 5.74) is 2.32. The maximum atomic E-state index is 7.71. The molecule has 23 atom stereocenters. The second-order valence-electron chi connectivity index (χ2n) is 42.8. The maximum absolute atomic E-state index is 7.71. The van der Waals surface area contributed by atoms with E-state index in [-0.39, 0.29) is 18.3 Å². The van der Waals surface area contributed by atoms with Gasteiger partial charge in [0.2, 0.25) is 0 Å². The monoisotopic (exact) mass is 2250 g/mol. The molecular weight excluding hydrogens is 2060 g/mol. The van der Waals surface area contributed by atoms with Crippen molar-refractivity contribution in [2.75, 3.05) is 0 Å². The summed E-state index contributed by atoms with van der Waals surface area (Å²) in [4.78, 5) is 0. The molecule has 0 amide bonds. The molecule has 5 aliphatic heterocycles. The Morgan fingerprint density at radius 2 is 0.724 bits per heavy atom. The van der Waals surface area contributed by atoms with Crippen LogP contribution in [0.2, 0.25) is 338 Å². The van der Waals surface area contributed by atoms with Gasteiger partial charge >= 0.3 is 89.7 Å². The van der Waals surface area contributed by atoms with Gasteiger partial charge < -0.3 is 104 Å². The molecule has 0 aliphatic carbocycles. The van der Waals surface area contributed by atoms with E-state index in [1.165, 1.54) is 32.1 Å². The molecule has 123 heavy (non-hydrogen) atoms. The number of rotatable bonds is 42. The predicted octanol–water partition coefficient (Wildman–Crippen LogP) is 16.2. The summed E-state index contributed by atoms with van der Waals surface area (Å²) in [5.74, 6) is 0. The van der Waals surface area contributed by atoms with E-state index in [0.717, 1.165) is 102 Å². The highest BCUT2D eigenvalue weighted by Gasteiger charge is 2.57. The molecule has 0 N–H and O–H groups in total. The fourth-order valence-corrected chi connectivity index (χ4v) is 144. The van der Waals surface area contributed by atoms with Crippen molar-refractivity contribution in [3.63, 3.8) is 0 Å². The van der Waals surface area contributed by atoms with Gasteiger partial charge in [0, 0.05) is 18.3 Å². The zero-order valence-electron chi connectivity index (χ0n) is 86.9. The van der Waals surface area contributed by atoms with Gasteiger partial charge in [-0.3, -0.25) is 0 Å². The highest BCUT2D eigenvalue weighted by atomic mass is 28.5. The predicted molar refractivity (Wildman–Crippen MR) is 592 cm³/mol. The highest BCUT2D eigenvalue weighted by Crippen LogP contribution is 2.38. The Morgan fingerprint density at radius 3 is 1.24 bits per heavy atom. The average Bonchev–Trinajstić information content (AvgIpc) is 0.795. The van der Waals surface area contributed by atoms with E-state index < -0.39 is 267 Å². The van der Waals surface area contributed by atoms with Gasteiger partial charge in [0.15, 0.2) is 131 Å². The topological polar surface area (TPSA) is 231 Å². The molecule has 5 saturated heterocycles. The van der Waals surface area contributed by atoms with Crippen molar-refractivity contribution in [2.24, 2.45) is 0 Å². The fourth-order valence-electron chi connectivity index (χ4n) is 17.3. The Hall–Kier alpha value is 5.51. The smallest absolute Gasteiger partial charge is 0.442 e. The molecule has 0 bridgehead atoms. The first-order valence-electron chi connectivity index (χ1n) is 47.9. The SMILES string of the molecule is CC.CC1C[SiH](CC[Si](C)(C)O[Si](O[SiH2]CCC[SiH]2O[SiH](C)CC(C)O[SiH](C)O2)(O[Si](C)(C)CC[SiH]2OC(C)C[SiH](C)O[SiH](C)O2)O[Si](C)(C)CC[SiH]2O[SiH](C)C[SiH](C)O[SiH](C)O2)O[SiH](C)O[SiH](C)O1.CCCCCCC[Si](C)(O[Si](C)(C)C)O[Si](C)(C)O[Si](C)(C)C.C[SiH]1C[Si](C)(CC[Si](C)(O[Si](C)(C)C)O[Si](C)(C)O[Si](C)(C)C)O[SiH](C)O[SiH](C)O1. The Bertz CT molecular complexity index is 2670. The van der Waals surface area contributed by atoms with Crippen molar-refractivity contribution in [2.45, 2.75) is 437 Å². The minimum Gasteiger partial charge on any atom is -0.442 e. The molecule has 5 heterocycles. The van der Waals surface area contributed by atoms with Crippen LogP contribution < -0.4 is 0 Å². The quantitative estimate of drug-likeness (QED) is 0.0408. The van der Waals surface area contributed by atoms with Crippen LogP contribution in [0.5, 0.6) is 0 Å². The lowest BCUT2D eigenvalue weighted by Crippen LogP contribution is -2.64. The molecule has 5 rings (SSSR count). The van der Waals surface area contributed by atoms with Crippen LogP contribution in [0.15, 0.2) is 0 Å². The van der Waals surface area contributed by atoms with Crippen molar-refractivity contribution in [1.82, 2.24) is 0 Å². The molecule has 23 unspecified atom stereocenters. The molecule has 0 aromatic rings. The van der Waals surface area contributed by atoms with E-state index >= 15 is 0 Å². The molecule has 25 nitrogen and oxygen atoms in total. The van der Waals surface area contributed by atoms with E-state index in [9.17, 15) is 0 Å². The van der Waals surface area contributed by atoms with Crippen LogP contribution >= 0.6 is 0 Å². The van der Waals surface area contributed by atoms with Gasteiger partial charge in [-0.15, -0.1) is 0 Å². The van der Waals surface area contributed by atoms with Gasteiger partial charge in [0.05, 0.1) is 0 Å². The molecule has 5 fully saturated rings. The summed E-state index contributed by atoms with van der Waals surface area (Å²) in [7, 11) is -55.6. The Kier molecular flexibility index (Phi) is 58.2. The molecule has 0 saturated carbocycles. The van der Waals surface area contributed by atoms with Crippen molar-refractivity contribution in [3.05, 3.63) is 0 Å². The first kappa shape index (κ1) is 125. The third kappa shape index (κ3) is 59.6. The summed E-state index contributed by atoms with van der Waals surface area (Å²) < 4.78 is 168. The normalized spacial score (nSPS) is 31.9. The van der Waals surface area contributed by atoms with Crippen LogP contribution in [0.3, 0.4) is 0 Å². The first-order chi connectivity index (χ1) is 56.1. The third-order valence-corrected chi connectivity index (χ3v) is 126. The van der Waals surface area contributed by atoms with Gasteiger partial charge in [-0.25, -0.2) is 0 Å². The third-order valence-electron chi connectivity index (χ3n) is 20.5. The average molecular weight is 2250 g/mol. The summed E-state index contributed by atoms with van der Waals surface area (Å²) in [5, 5.41) is 0. The molecule has 0 aromatic carbocycles. The van der Waals surface area contributed by atoms with E-state index in [1.54, 1.807) is 0 Å². The van der Waals surface area contributed by atoms with Crippen LogP contribution in [0.25, 0.3) is 0 Å². The minimum absolute atomic E-state index is 0.157. The Labute approximate surface area is 799 Å². The summed E-state index contributed by atoms with van der Waals surface area (Å²) in [6, 6.07) is 13.6. The van der Waals surface area contributed by atoms with Gasteiger partial charge in [-0.1, -0.05) is 59.3 Å². The Morgan fingerprint density at radius 1 is 0.341 bits per heavy atom. The molecule has 5 aliphatic rings. The van der Waals surface area contributed by atoms with Crippen molar-refractivity contribution in [1.29, 1.82) is 0 Å². The second kappa shape index (κ2) is 57.4. The van der Waals surface area contributed by atoms with Gasteiger partial charge in [-0.05, 0) is 359 Å². The van der Waals surface area contributed by atoms with Crippen molar-refractivity contribution >= 4 is 267 Å². The highest BCUT2D eigenvalue weighted by molar-refractivity contribution is 6.94. The largest absolute Gasteiger partial charge is 0.636 e. The van der Waals surface area contributed by atoms with Crippen LogP contribution in [0, 0.1) is 0 Å². The molecule has 0 radical (unpaired) electrons. The fraction of sp³-hybridized carbons (Fsp3) is 1.00.